The molecule has 5 nitrogen and oxygen atoms in total. The Bertz CT molecular complexity index is 906. The molecule has 1 aliphatic rings. The number of aromatic nitrogens is 2. The van der Waals surface area contributed by atoms with Crippen LogP contribution in [0.2, 0.25) is 5.02 Å². The van der Waals surface area contributed by atoms with E-state index in [4.69, 9.17) is 11.6 Å². The molecule has 0 fully saturated rings. The van der Waals surface area contributed by atoms with Crippen LogP contribution in [0.15, 0.2) is 23.5 Å². The summed E-state index contributed by atoms with van der Waals surface area (Å²) in [6, 6.07) is 2.04. The van der Waals surface area contributed by atoms with Crippen molar-refractivity contribution in [1.82, 2.24) is 14.9 Å². The van der Waals surface area contributed by atoms with Crippen molar-refractivity contribution in [1.29, 1.82) is 0 Å². The van der Waals surface area contributed by atoms with Crippen LogP contribution >= 0.6 is 11.6 Å². The molecule has 0 radical (unpaired) electrons. The van der Waals surface area contributed by atoms with Gasteiger partial charge >= 0.3 is 0 Å². The lowest BCUT2D eigenvalue weighted by Crippen LogP contribution is -2.31. The van der Waals surface area contributed by atoms with E-state index in [1.807, 2.05) is 4.90 Å². The first-order valence-corrected chi connectivity index (χ1v) is 9.42. The second-order valence-electron chi connectivity index (χ2n) is 5.68. The zero-order chi connectivity index (χ0) is 17.5. The van der Waals surface area contributed by atoms with Gasteiger partial charge in [0.15, 0.2) is 0 Å². The largest absolute Gasteiger partial charge is 0.294 e. The molecular weight excluding hydrogens is 360 g/mol. The monoisotopic (exact) mass is 373 g/mol. The minimum absolute atomic E-state index is 0.105. The molecule has 0 unspecified atom stereocenters. The standard InChI is InChI=1S/C15H14ClF2N3O2S/c1-24(22,23)15-19-6-9-7-21(5-4-13(9)20-15)8-10-11(17)2-3-12(18)14(10)16/h2-3,6H,4-5,7-8H2,1H3. The minimum Gasteiger partial charge on any atom is -0.294 e. The van der Waals surface area contributed by atoms with Crippen LogP contribution in [0.25, 0.3) is 0 Å². The van der Waals surface area contributed by atoms with E-state index in [0.717, 1.165) is 24.0 Å². The first kappa shape index (κ1) is 17.2. The van der Waals surface area contributed by atoms with Crippen LogP contribution in [-0.4, -0.2) is 36.1 Å². The van der Waals surface area contributed by atoms with Gasteiger partial charge in [-0.1, -0.05) is 11.6 Å². The summed E-state index contributed by atoms with van der Waals surface area (Å²) < 4.78 is 50.4. The van der Waals surface area contributed by atoms with Crippen LogP contribution in [0.4, 0.5) is 8.78 Å². The van der Waals surface area contributed by atoms with Crippen molar-refractivity contribution in [2.45, 2.75) is 24.7 Å². The summed E-state index contributed by atoms with van der Waals surface area (Å²) >= 11 is 5.86. The third-order valence-electron chi connectivity index (χ3n) is 3.84. The van der Waals surface area contributed by atoms with Crippen molar-refractivity contribution < 1.29 is 17.2 Å². The molecule has 2 heterocycles. The van der Waals surface area contributed by atoms with Crippen LogP contribution < -0.4 is 0 Å². The molecule has 24 heavy (non-hydrogen) atoms. The predicted molar refractivity (Wildman–Crippen MR) is 84.3 cm³/mol. The van der Waals surface area contributed by atoms with Gasteiger partial charge in [0.1, 0.15) is 11.6 Å². The molecule has 1 aliphatic heterocycles. The van der Waals surface area contributed by atoms with E-state index in [0.29, 0.717) is 25.2 Å². The van der Waals surface area contributed by atoms with E-state index >= 15 is 0 Å². The number of rotatable bonds is 3. The topological polar surface area (TPSA) is 63.2 Å². The van der Waals surface area contributed by atoms with E-state index in [2.05, 4.69) is 9.97 Å². The van der Waals surface area contributed by atoms with Gasteiger partial charge in [0, 0.05) is 49.6 Å². The van der Waals surface area contributed by atoms with Crippen molar-refractivity contribution in [3.8, 4) is 0 Å². The highest BCUT2D eigenvalue weighted by molar-refractivity contribution is 7.90. The number of sulfone groups is 1. The fourth-order valence-corrected chi connectivity index (χ4v) is 3.34. The van der Waals surface area contributed by atoms with Crippen molar-refractivity contribution >= 4 is 21.4 Å². The third kappa shape index (κ3) is 3.40. The summed E-state index contributed by atoms with van der Waals surface area (Å²) in [5, 5.41) is -0.418. The summed E-state index contributed by atoms with van der Waals surface area (Å²) in [6.45, 7) is 1.08. The molecule has 1 aromatic heterocycles. The Labute approximate surface area is 143 Å². The van der Waals surface area contributed by atoms with Crippen LogP contribution in [-0.2, 0) is 29.3 Å². The van der Waals surface area contributed by atoms with Gasteiger partial charge in [-0.25, -0.2) is 27.2 Å². The van der Waals surface area contributed by atoms with Gasteiger partial charge in [-0.3, -0.25) is 4.90 Å². The first-order valence-electron chi connectivity index (χ1n) is 7.15. The zero-order valence-corrected chi connectivity index (χ0v) is 14.3. The molecule has 0 amide bonds. The smallest absolute Gasteiger partial charge is 0.246 e. The molecular formula is C15H14ClF2N3O2S. The average Bonchev–Trinajstić information content (AvgIpc) is 2.53. The molecule has 0 spiro atoms. The number of halogens is 3. The molecule has 2 aromatic rings. The van der Waals surface area contributed by atoms with Gasteiger partial charge in [0.05, 0.1) is 10.7 Å². The van der Waals surface area contributed by atoms with Crippen LogP contribution in [0.1, 0.15) is 16.8 Å². The number of fused-ring (bicyclic) bond motifs is 1. The molecule has 0 atom stereocenters. The summed E-state index contributed by atoms with van der Waals surface area (Å²) in [4.78, 5) is 9.84. The summed E-state index contributed by atoms with van der Waals surface area (Å²) in [5.74, 6) is -1.22. The Morgan fingerprint density at radius 2 is 2.00 bits per heavy atom. The second-order valence-corrected chi connectivity index (χ2v) is 7.97. The fourth-order valence-electron chi connectivity index (χ4n) is 2.61. The maximum Gasteiger partial charge on any atom is 0.246 e. The highest BCUT2D eigenvalue weighted by Crippen LogP contribution is 2.26. The number of hydrogen-bond acceptors (Lipinski definition) is 5. The normalized spacial score (nSPS) is 15.3. The molecule has 0 bridgehead atoms. The van der Waals surface area contributed by atoms with Crippen LogP contribution in [0.3, 0.4) is 0 Å². The Hall–Kier alpha value is -1.64. The molecule has 9 heteroatoms. The lowest BCUT2D eigenvalue weighted by molar-refractivity contribution is 0.238. The first-order chi connectivity index (χ1) is 11.3. The molecule has 0 aliphatic carbocycles. The van der Waals surface area contributed by atoms with Gasteiger partial charge in [0.2, 0.25) is 15.0 Å². The van der Waals surface area contributed by atoms with E-state index in [-0.39, 0.29) is 22.3 Å². The van der Waals surface area contributed by atoms with Crippen molar-refractivity contribution in [3.63, 3.8) is 0 Å². The molecule has 0 saturated carbocycles. The highest BCUT2D eigenvalue weighted by atomic mass is 35.5. The van der Waals surface area contributed by atoms with Crippen molar-refractivity contribution in [2.24, 2.45) is 0 Å². The molecule has 128 valence electrons. The number of nitrogens with zero attached hydrogens (tertiary/aromatic N) is 3. The summed E-state index contributed by atoms with van der Waals surface area (Å²) in [5.41, 5.74) is 1.53. The van der Waals surface area contributed by atoms with E-state index in [1.54, 1.807) is 0 Å². The second kappa shape index (κ2) is 6.34. The van der Waals surface area contributed by atoms with Gasteiger partial charge in [-0.2, -0.15) is 0 Å². The van der Waals surface area contributed by atoms with E-state index in [9.17, 15) is 17.2 Å². The lowest BCUT2D eigenvalue weighted by atomic mass is 10.1. The van der Waals surface area contributed by atoms with E-state index in [1.165, 1.54) is 6.20 Å². The Morgan fingerprint density at radius 3 is 2.71 bits per heavy atom. The third-order valence-corrected chi connectivity index (χ3v) is 5.11. The van der Waals surface area contributed by atoms with Gasteiger partial charge in [-0.05, 0) is 12.1 Å². The molecule has 1 aromatic carbocycles. The van der Waals surface area contributed by atoms with Gasteiger partial charge in [-0.15, -0.1) is 0 Å². The highest BCUT2D eigenvalue weighted by Gasteiger charge is 2.23. The summed E-state index contributed by atoms with van der Waals surface area (Å²) in [6.07, 6.45) is 3.02. The van der Waals surface area contributed by atoms with Gasteiger partial charge in [0.25, 0.3) is 0 Å². The van der Waals surface area contributed by atoms with Crippen molar-refractivity contribution in [2.75, 3.05) is 12.8 Å². The maximum absolute atomic E-state index is 13.9. The van der Waals surface area contributed by atoms with E-state index < -0.39 is 21.5 Å². The Kier molecular flexibility index (Phi) is 4.54. The quantitative estimate of drug-likeness (QED) is 0.610. The van der Waals surface area contributed by atoms with Crippen LogP contribution in [0.5, 0.6) is 0 Å². The Morgan fingerprint density at radius 1 is 1.29 bits per heavy atom. The summed E-state index contributed by atoms with van der Waals surface area (Å²) in [7, 11) is -3.46. The maximum atomic E-state index is 13.9. The predicted octanol–water partition coefficient (Wildman–Crippen LogP) is 2.37. The van der Waals surface area contributed by atoms with Crippen molar-refractivity contribution in [3.05, 3.63) is 51.8 Å². The lowest BCUT2D eigenvalue weighted by Gasteiger charge is -2.28. The number of hydrogen-bond donors (Lipinski definition) is 0. The SMILES string of the molecule is CS(=O)(=O)c1ncc2c(n1)CCN(Cc1c(F)ccc(F)c1Cl)C2. The zero-order valence-electron chi connectivity index (χ0n) is 12.8. The van der Waals surface area contributed by atoms with Crippen LogP contribution in [0, 0.1) is 11.6 Å². The molecule has 3 rings (SSSR count). The molecule has 0 saturated heterocycles. The Balaban J connectivity index is 1.83. The fraction of sp³-hybridized carbons (Fsp3) is 0.333. The van der Waals surface area contributed by atoms with Gasteiger partial charge < -0.3 is 0 Å². The minimum atomic E-state index is -3.46. The number of benzene rings is 1. The molecule has 0 N–H and O–H groups in total. The average molecular weight is 374 g/mol.